The van der Waals surface area contributed by atoms with E-state index < -0.39 is 0 Å². The van der Waals surface area contributed by atoms with Crippen LogP contribution in [0.2, 0.25) is 0 Å². The van der Waals surface area contributed by atoms with E-state index in [2.05, 4.69) is 44.6 Å². The molecule has 0 atom stereocenters. The van der Waals surface area contributed by atoms with Crippen LogP contribution in [0.3, 0.4) is 0 Å². The van der Waals surface area contributed by atoms with E-state index in [4.69, 9.17) is 0 Å². The van der Waals surface area contributed by atoms with Crippen molar-refractivity contribution in [2.45, 2.75) is 46.6 Å². The van der Waals surface area contributed by atoms with Crippen LogP contribution in [0.25, 0.3) is 0 Å². The average molecular weight is 277 g/mol. The van der Waals surface area contributed by atoms with Gasteiger partial charge in [-0.2, -0.15) is 5.10 Å². The van der Waals surface area contributed by atoms with Crippen molar-refractivity contribution in [2.75, 3.05) is 19.6 Å². The monoisotopic (exact) mass is 277 g/mol. The minimum absolute atomic E-state index is 0.0142. The molecule has 0 unspecified atom stereocenters. The zero-order valence-electron chi connectivity index (χ0n) is 13.4. The Morgan fingerprint density at radius 1 is 1.30 bits per heavy atom. The number of aromatic nitrogens is 2. The van der Waals surface area contributed by atoms with Crippen LogP contribution >= 0.6 is 0 Å². The standard InChI is InChI=1S/C16H27N3O/c1-12(2)8-18-9-13(10-18)11-19-15(20)7-6-14(17-19)16(3,4)5/h6-7,12-13H,8-11H2,1-5H3. The normalized spacial score (nSPS) is 17.5. The molecule has 1 saturated heterocycles. The van der Waals surface area contributed by atoms with Gasteiger partial charge in [0.1, 0.15) is 0 Å². The van der Waals surface area contributed by atoms with Crippen LogP contribution in [-0.4, -0.2) is 34.3 Å². The van der Waals surface area contributed by atoms with Gasteiger partial charge in [-0.1, -0.05) is 34.6 Å². The maximum Gasteiger partial charge on any atom is 0.266 e. The molecule has 0 radical (unpaired) electrons. The van der Waals surface area contributed by atoms with E-state index >= 15 is 0 Å². The fourth-order valence-electron chi connectivity index (χ4n) is 2.68. The van der Waals surface area contributed by atoms with Crippen LogP contribution in [0.4, 0.5) is 0 Å². The molecule has 112 valence electrons. The molecule has 1 aromatic rings. The van der Waals surface area contributed by atoms with Crippen molar-refractivity contribution in [2.24, 2.45) is 11.8 Å². The molecule has 0 amide bonds. The number of rotatable bonds is 4. The summed E-state index contributed by atoms with van der Waals surface area (Å²) in [4.78, 5) is 14.4. The number of hydrogen-bond donors (Lipinski definition) is 0. The van der Waals surface area contributed by atoms with Crippen molar-refractivity contribution < 1.29 is 0 Å². The lowest BCUT2D eigenvalue weighted by molar-refractivity contribution is 0.0721. The number of likely N-dealkylation sites (tertiary alicyclic amines) is 1. The van der Waals surface area contributed by atoms with Crippen LogP contribution in [0.15, 0.2) is 16.9 Å². The lowest BCUT2D eigenvalue weighted by Crippen LogP contribution is -2.50. The third-order valence-corrected chi connectivity index (χ3v) is 3.72. The Hall–Kier alpha value is -1.16. The van der Waals surface area contributed by atoms with E-state index in [1.54, 1.807) is 10.7 Å². The molecule has 0 N–H and O–H groups in total. The third-order valence-electron chi connectivity index (χ3n) is 3.72. The summed E-state index contributed by atoms with van der Waals surface area (Å²) in [6.45, 7) is 14.9. The summed E-state index contributed by atoms with van der Waals surface area (Å²) < 4.78 is 1.65. The Labute approximate surface area is 121 Å². The minimum atomic E-state index is -0.0151. The second-order valence-electron chi connectivity index (χ2n) is 7.47. The Balaban J connectivity index is 1.99. The SMILES string of the molecule is CC(C)CN1CC(Cn2nc(C(C)(C)C)ccc2=O)C1. The summed E-state index contributed by atoms with van der Waals surface area (Å²) in [6, 6.07) is 3.50. The molecule has 0 aromatic carbocycles. The largest absolute Gasteiger partial charge is 0.302 e. The molecule has 2 rings (SSSR count). The first-order valence-electron chi connectivity index (χ1n) is 7.56. The van der Waals surface area contributed by atoms with Crippen molar-refractivity contribution >= 4 is 0 Å². The lowest BCUT2D eigenvalue weighted by atomic mass is 9.92. The molecule has 0 bridgehead atoms. The first-order chi connectivity index (χ1) is 9.25. The van der Waals surface area contributed by atoms with Gasteiger partial charge in [-0.05, 0) is 12.0 Å². The second-order valence-corrected chi connectivity index (χ2v) is 7.47. The Kier molecular flexibility index (Phi) is 4.33. The van der Waals surface area contributed by atoms with Gasteiger partial charge in [0, 0.05) is 37.0 Å². The van der Waals surface area contributed by atoms with Crippen molar-refractivity contribution in [3.05, 3.63) is 28.2 Å². The quantitative estimate of drug-likeness (QED) is 0.846. The molecule has 0 aliphatic carbocycles. The second kappa shape index (κ2) is 5.68. The highest BCUT2D eigenvalue weighted by Crippen LogP contribution is 2.20. The summed E-state index contributed by atoms with van der Waals surface area (Å²) in [5.74, 6) is 1.27. The molecular formula is C16H27N3O. The highest BCUT2D eigenvalue weighted by atomic mass is 16.1. The van der Waals surface area contributed by atoms with E-state index in [1.165, 1.54) is 0 Å². The topological polar surface area (TPSA) is 38.1 Å². The van der Waals surface area contributed by atoms with Gasteiger partial charge in [0.25, 0.3) is 5.56 Å². The summed E-state index contributed by atoms with van der Waals surface area (Å²) in [7, 11) is 0. The number of hydrogen-bond acceptors (Lipinski definition) is 3. The predicted octanol–water partition coefficient (Wildman–Crippen LogP) is 2.13. The fraction of sp³-hybridized carbons (Fsp3) is 0.750. The first kappa shape index (κ1) is 15.2. The predicted molar refractivity (Wildman–Crippen MR) is 82.0 cm³/mol. The molecule has 1 aromatic heterocycles. The van der Waals surface area contributed by atoms with Crippen LogP contribution in [0.5, 0.6) is 0 Å². The zero-order chi connectivity index (χ0) is 14.9. The van der Waals surface area contributed by atoms with Crippen LogP contribution in [0, 0.1) is 11.8 Å². The molecule has 2 heterocycles. The lowest BCUT2D eigenvalue weighted by Gasteiger charge is -2.40. The van der Waals surface area contributed by atoms with E-state index in [0.29, 0.717) is 11.8 Å². The zero-order valence-corrected chi connectivity index (χ0v) is 13.4. The fourth-order valence-corrected chi connectivity index (χ4v) is 2.68. The highest BCUT2D eigenvalue weighted by Gasteiger charge is 2.28. The van der Waals surface area contributed by atoms with Gasteiger partial charge in [-0.3, -0.25) is 4.79 Å². The van der Waals surface area contributed by atoms with Gasteiger partial charge in [0.2, 0.25) is 0 Å². The van der Waals surface area contributed by atoms with Crippen molar-refractivity contribution in [1.82, 2.24) is 14.7 Å². The minimum Gasteiger partial charge on any atom is -0.302 e. The maximum atomic E-state index is 11.9. The molecule has 4 nitrogen and oxygen atoms in total. The summed E-state index contributed by atoms with van der Waals surface area (Å²) in [5.41, 5.74) is 0.981. The summed E-state index contributed by atoms with van der Waals surface area (Å²) in [5, 5.41) is 4.54. The summed E-state index contributed by atoms with van der Waals surface area (Å²) in [6.07, 6.45) is 0. The van der Waals surface area contributed by atoms with Gasteiger partial charge < -0.3 is 4.90 Å². The highest BCUT2D eigenvalue weighted by molar-refractivity contribution is 5.10. The molecule has 4 heteroatoms. The van der Waals surface area contributed by atoms with Gasteiger partial charge in [0.05, 0.1) is 12.2 Å². The third kappa shape index (κ3) is 3.69. The molecule has 0 spiro atoms. The molecule has 1 fully saturated rings. The number of nitrogens with zero attached hydrogens (tertiary/aromatic N) is 3. The van der Waals surface area contributed by atoms with E-state index in [1.807, 2.05) is 6.07 Å². The Bertz CT molecular complexity index is 507. The van der Waals surface area contributed by atoms with Crippen LogP contribution in [0.1, 0.15) is 40.3 Å². The van der Waals surface area contributed by atoms with Gasteiger partial charge in [-0.25, -0.2) is 4.68 Å². The summed E-state index contributed by atoms with van der Waals surface area (Å²) >= 11 is 0. The molecule has 1 aliphatic rings. The van der Waals surface area contributed by atoms with Crippen molar-refractivity contribution in [3.63, 3.8) is 0 Å². The van der Waals surface area contributed by atoms with Gasteiger partial charge in [-0.15, -0.1) is 0 Å². The average Bonchev–Trinajstić information content (AvgIpc) is 2.26. The maximum absolute atomic E-state index is 11.9. The van der Waals surface area contributed by atoms with Crippen molar-refractivity contribution in [3.8, 4) is 0 Å². The molecule has 20 heavy (non-hydrogen) atoms. The molecule has 1 aliphatic heterocycles. The van der Waals surface area contributed by atoms with Crippen molar-refractivity contribution in [1.29, 1.82) is 0 Å². The van der Waals surface area contributed by atoms with E-state index in [-0.39, 0.29) is 11.0 Å². The van der Waals surface area contributed by atoms with Gasteiger partial charge in [0.15, 0.2) is 0 Å². The Morgan fingerprint density at radius 3 is 2.50 bits per heavy atom. The molecular weight excluding hydrogens is 250 g/mol. The first-order valence-corrected chi connectivity index (χ1v) is 7.56. The Morgan fingerprint density at radius 2 is 1.95 bits per heavy atom. The smallest absolute Gasteiger partial charge is 0.266 e. The van der Waals surface area contributed by atoms with Gasteiger partial charge >= 0.3 is 0 Å². The van der Waals surface area contributed by atoms with E-state index in [9.17, 15) is 4.79 Å². The van der Waals surface area contributed by atoms with E-state index in [0.717, 1.165) is 31.9 Å². The molecule has 0 saturated carbocycles. The van der Waals surface area contributed by atoms with Crippen LogP contribution < -0.4 is 5.56 Å². The van der Waals surface area contributed by atoms with Crippen LogP contribution in [-0.2, 0) is 12.0 Å².